The van der Waals surface area contributed by atoms with Crippen molar-refractivity contribution in [2.75, 3.05) is 26.3 Å². The molecule has 0 N–H and O–H groups in total. The van der Waals surface area contributed by atoms with Crippen LogP contribution in [0.5, 0.6) is 0 Å². The minimum atomic E-state index is -0.0779. The SMILES string of the molecule is CCC(C)=C1SC(N2CCOCC2)=NC1=O. The largest absolute Gasteiger partial charge is 0.378 e. The minimum absolute atomic E-state index is 0.0779. The monoisotopic (exact) mass is 240 g/mol. The summed E-state index contributed by atoms with van der Waals surface area (Å²) < 4.78 is 5.28. The molecule has 0 aliphatic carbocycles. The van der Waals surface area contributed by atoms with Gasteiger partial charge in [0.05, 0.1) is 18.1 Å². The number of hydrogen-bond donors (Lipinski definition) is 0. The van der Waals surface area contributed by atoms with Crippen LogP contribution in [0.15, 0.2) is 15.5 Å². The molecular weight excluding hydrogens is 224 g/mol. The Kier molecular flexibility index (Phi) is 3.66. The van der Waals surface area contributed by atoms with Gasteiger partial charge >= 0.3 is 0 Å². The molecule has 0 radical (unpaired) electrons. The quantitative estimate of drug-likeness (QED) is 0.653. The maximum Gasteiger partial charge on any atom is 0.286 e. The summed E-state index contributed by atoms with van der Waals surface area (Å²) in [6, 6.07) is 0. The highest BCUT2D eigenvalue weighted by Crippen LogP contribution is 2.31. The lowest BCUT2D eigenvalue weighted by Gasteiger charge is -2.27. The number of allylic oxidation sites excluding steroid dienone is 1. The van der Waals surface area contributed by atoms with E-state index in [0.717, 1.165) is 48.4 Å². The fourth-order valence-corrected chi connectivity index (χ4v) is 2.69. The van der Waals surface area contributed by atoms with E-state index in [1.54, 1.807) is 0 Å². The first kappa shape index (κ1) is 11.7. The number of morpholine rings is 1. The second-order valence-corrected chi connectivity index (χ2v) is 4.84. The number of hydrogen-bond acceptors (Lipinski definition) is 4. The number of amidine groups is 1. The Hall–Kier alpha value is -0.810. The number of ether oxygens (including phenoxy) is 1. The first-order valence-electron chi connectivity index (χ1n) is 5.55. The summed E-state index contributed by atoms with van der Waals surface area (Å²) in [5.74, 6) is -0.0779. The number of carbonyl (C=O) groups is 1. The van der Waals surface area contributed by atoms with Crippen molar-refractivity contribution in [1.82, 2.24) is 4.90 Å². The van der Waals surface area contributed by atoms with Crippen LogP contribution in [0.25, 0.3) is 0 Å². The molecule has 0 bridgehead atoms. The zero-order chi connectivity index (χ0) is 11.5. The summed E-state index contributed by atoms with van der Waals surface area (Å²) >= 11 is 1.51. The molecule has 2 heterocycles. The molecule has 16 heavy (non-hydrogen) atoms. The molecule has 1 amide bonds. The number of nitrogens with zero attached hydrogens (tertiary/aromatic N) is 2. The van der Waals surface area contributed by atoms with E-state index in [4.69, 9.17) is 4.74 Å². The van der Waals surface area contributed by atoms with Gasteiger partial charge in [-0.25, -0.2) is 0 Å². The van der Waals surface area contributed by atoms with Crippen LogP contribution in [0, 0.1) is 0 Å². The molecular formula is C11H16N2O2S. The van der Waals surface area contributed by atoms with Crippen LogP contribution in [0.1, 0.15) is 20.3 Å². The van der Waals surface area contributed by atoms with E-state index in [9.17, 15) is 4.79 Å². The Balaban J connectivity index is 2.09. The normalized spacial score (nSPS) is 24.8. The average Bonchev–Trinajstić information content (AvgIpc) is 2.71. The summed E-state index contributed by atoms with van der Waals surface area (Å²) in [5.41, 5.74) is 1.13. The Morgan fingerprint density at radius 1 is 1.50 bits per heavy atom. The number of amides is 1. The van der Waals surface area contributed by atoms with Crippen LogP contribution < -0.4 is 0 Å². The van der Waals surface area contributed by atoms with Crippen molar-refractivity contribution in [2.45, 2.75) is 20.3 Å². The summed E-state index contributed by atoms with van der Waals surface area (Å²) in [6.07, 6.45) is 0.903. The van der Waals surface area contributed by atoms with E-state index in [1.165, 1.54) is 11.8 Å². The van der Waals surface area contributed by atoms with Crippen LogP contribution in [-0.4, -0.2) is 42.3 Å². The zero-order valence-corrected chi connectivity index (χ0v) is 10.5. The molecule has 88 valence electrons. The molecule has 2 aliphatic heterocycles. The topological polar surface area (TPSA) is 41.9 Å². The van der Waals surface area contributed by atoms with Crippen molar-refractivity contribution in [3.63, 3.8) is 0 Å². The Morgan fingerprint density at radius 2 is 2.19 bits per heavy atom. The molecule has 0 spiro atoms. The van der Waals surface area contributed by atoms with Gasteiger partial charge in [0.25, 0.3) is 5.91 Å². The van der Waals surface area contributed by atoms with Gasteiger partial charge in [-0.1, -0.05) is 12.5 Å². The number of rotatable bonds is 1. The summed E-state index contributed by atoms with van der Waals surface area (Å²) in [4.78, 5) is 18.8. The second kappa shape index (κ2) is 5.01. The predicted octanol–water partition coefficient (Wildman–Crippen LogP) is 1.63. The Labute approximate surface area is 99.7 Å². The predicted molar refractivity (Wildman–Crippen MR) is 65.4 cm³/mol. The molecule has 0 aromatic heterocycles. The zero-order valence-electron chi connectivity index (χ0n) is 9.65. The molecule has 0 atom stereocenters. The summed E-state index contributed by atoms with van der Waals surface area (Å²) in [5, 5.41) is 0.844. The molecule has 1 saturated heterocycles. The van der Waals surface area contributed by atoms with Crippen LogP contribution in [0.4, 0.5) is 0 Å². The lowest BCUT2D eigenvalue weighted by molar-refractivity contribution is -0.113. The molecule has 0 aromatic rings. The Bertz CT molecular complexity index is 357. The van der Waals surface area contributed by atoms with E-state index in [-0.39, 0.29) is 5.91 Å². The molecule has 0 unspecified atom stereocenters. The van der Waals surface area contributed by atoms with Crippen molar-refractivity contribution in [2.24, 2.45) is 4.99 Å². The molecule has 2 aliphatic rings. The van der Waals surface area contributed by atoms with Crippen molar-refractivity contribution in [3.05, 3.63) is 10.5 Å². The van der Waals surface area contributed by atoms with Crippen LogP contribution in [-0.2, 0) is 9.53 Å². The van der Waals surface area contributed by atoms with Gasteiger partial charge in [0.15, 0.2) is 5.17 Å². The van der Waals surface area contributed by atoms with Crippen molar-refractivity contribution in [3.8, 4) is 0 Å². The van der Waals surface area contributed by atoms with Gasteiger partial charge in [-0.05, 0) is 25.1 Å². The van der Waals surface area contributed by atoms with Gasteiger partial charge in [-0.15, -0.1) is 0 Å². The third kappa shape index (κ3) is 2.30. The lowest BCUT2D eigenvalue weighted by atomic mass is 10.2. The third-order valence-corrected chi connectivity index (χ3v) is 4.04. The van der Waals surface area contributed by atoms with E-state index in [1.807, 2.05) is 6.92 Å². The average molecular weight is 240 g/mol. The van der Waals surface area contributed by atoms with Gasteiger partial charge in [-0.3, -0.25) is 4.79 Å². The summed E-state index contributed by atoms with van der Waals surface area (Å²) in [7, 11) is 0. The van der Waals surface area contributed by atoms with E-state index < -0.39 is 0 Å². The highest BCUT2D eigenvalue weighted by Gasteiger charge is 2.28. The highest BCUT2D eigenvalue weighted by atomic mass is 32.2. The fourth-order valence-electron chi connectivity index (χ4n) is 1.62. The minimum Gasteiger partial charge on any atom is -0.378 e. The van der Waals surface area contributed by atoms with Gasteiger partial charge in [0.2, 0.25) is 0 Å². The van der Waals surface area contributed by atoms with E-state index in [0.29, 0.717) is 0 Å². The highest BCUT2D eigenvalue weighted by molar-refractivity contribution is 8.18. The van der Waals surface area contributed by atoms with Crippen molar-refractivity contribution in [1.29, 1.82) is 0 Å². The smallest absolute Gasteiger partial charge is 0.286 e. The van der Waals surface area contributed by atoms with Gasteiger partial charge in [0, 0.05) is 13.1 Å². The third-order valence-electron chi connectivity index (χ3n) is 2.78. The van der Waals surface area contributed by atoms with Crippen LogP contribution >= 0.6 is 11.8 Å². The van der Waals surface area contributed by atoms with Gasteiger partial charge in [0.1, 0.15) is 0 Å². The number of carbonyl (C=O) groups excluding carboxylic acids is 1. The molecule has 0 saturated carbocycles. The molecule has 0 aromatic carbocycles. The standard InChI is InChI=1S/C11H16N2O2S/c1-3-8(2)9-10(14)12-11(16-9)13-4-6-15-7-5-13/h3-7H2,1-2H3. The summed E-state index contributed by atoms with van der Waals surface area (Å²) in [6.45, 7) is 7.16. The first-order chi connectivity index (χ1) is 7.72. The number of aliphatic imine (C=N–C) groups is 1. The van der Waals surface area contributed by atoms with Crippen molar-refractivity contribution >= 4 is 22.8 Å². The van der Waals surface area contributed by atoms with Crippen molar-refractivity contribution < 1.29 is 9.53 Å². The second-order valence-electron chi connectivity index (χ2n) is 3.86. The van der Waals surface area contributed by atoms with Gasteiger partial charge < -0.3 is 9.64 Å². The molecule has 1 fully saturated rings. The molecule has 4 nitrogen and oxygen atoms in total. The van der Waals surface area contributed by atoms with E-state index in [2.05, 4.69) is 16.8 Å². The molecule has 5 heteroatoms. The maximum absolute atomic E-state index is 11.7. The van der Waals surface area contributed by atoms with Crippen LogP contribution in [0.2, 0.25) is 0 Å². The van der Waals surface area contributed by atoms with Gasteiger partial charge in [-0.2, -0.15) is 4.99 Å². The first-order valence-corrected chi connectivity index (χ1v) is 6.37. The molecule has 2 rings (SSSR count). The number of thioether (sulfide) groups is 1. The van der Waals surface area contributed by atoms with E-state index >= 15 is 0 Å². The maximum atomic E-state index is 11.7. The van der Waals surface area contributed by atoms with Crippen LogP contribution in [0.3, 0.4) is 0 Å². The lowest BCUT2D eigenvalue weighted by Crippen LogP contribution is -2.38. The fraction of sp³-hybridized carbons (Fsp3) is 0.636. The Morgan fingerprint density at radius 3 is 2.81 bits per heavy atom.